The minimum absolute atomic E-state index is 0.0281. The average Bonchev–Trinajstić information content (AvgIpc) is 3.15. The summed E-state index contributed by atoms with van der Waals surface area (Å²) in [5, 5.41) is 21.6. The Kier molecular flexibility index (Phi) is 8.45. The highest BCUT2D eigenvalue weighted by atomic mass is 16.5. The van der Waals surface area contributed by atoms with Crippen molar-refractivity contribution >= 4 is 17.5 Å². The van der Waals surface area contributed by atoms with Crippen LogP contribution in [0.25, 0.3) is 0 Å². The zero-order valence-electron chi connectivity index (χ0n) is 22.4. The highest BCUT2D eigenvalue weighted by molar-refractivity contribution is 6.08. The van der Waals surface area contributed by atoms with Gasteiger partial charge in [-0.15, -0.1) is 5.10 Å². The topological polar surface area (TPSA) is 96.2 Å². The van der Waals surface area contributed by atoms with Gasteiger partial charge in [-0.2, -0.15) is 10.1 Å². The number of carbonyl (C=O) groups is 1. The van der Waals surface area contributed by atoms with Crippen molar-refractivity contribution in [1.82, 2.24) is 10.0 Å². The molecule has 2 heterocycles. The predicted octanol–water partition coefficient (Wildman–Crippen LogP) is 4.43. The minimum atomic E-state index is -0.307. The Hall–Kier alpha value is -3.33. The first-order valence-corrected chi connectivity index (χ1v) is 12.3. The number of aliphatic hydroxyl groups excluding tert-OH is 1. The zero-order valence-corrected chi connectivity index (χ0v) is 22.4. The second-order valence-corrected chi connectivity index (χ2v) is 9.83. The Morgan fingerprint density at radius 2 is 1.89 bits per heavy atom. The molecule has 36 heavy (non-hydrogen) atoms. The summed E-state index contributed by atoms with van der Waals surface area (Å²) < 4.78 is 17.3. The van der Waals surface area contributed by atoms with Gasteiger partial charge in [0.25, 0.3) is 0 Å². The van der Waals surface area contributed by atoms with Gasteiger partial charge in [-0.1, -0.05) is 41.2 Å². The molecule has 0 amide bonds. The van der Waals surface area contributed by atoms with Gasteiger partial charge in [0.05, 0.1) is 19.8 Å². The van der Waals surface area contributed by atoms with E-state index in [0.29, 0.717) is 34.6 Å². The van der Waals surface area contributed by atoms with Gasteiger partial charge in [0, 0.05) is 22.8 Å². The van der Waals surface area contributed by atoms with E-state index < -0.39 is 0 Å². The Morgan fingerprint density at radius 3 is 2.47 bits per heavy atom. The van der Waals surface area contributed by atoms with Crippen LogP contribution in [0.5, 0.6) is 11.5 Å². The van der Waals surface area contributed by atoms with E-state index in [-0.39, 0.29) is 37.1 Å². The number of Topliss-reactive ketones (excluding diaryl/α,β-unsaturated/α-hetero) is 1. The van der Waals surface area contributed by atoms with E-state index in [9.17, 15) is 9.90 Å². The molecule has 0 atom stereocenters. The Bertz CT molecular complexity index is 1100. The number of hydrogen-bond acceptors (Lipinski definition) is 9. The third-order valence-electron chi connectivity index (χ3n) is 6.08. The summed E-state index contributed by atoms with van der Waals surface area (Å²) in [7, 11) is 1.57. The van der Waals surface area contributed by atoms with Gasteiger partial charge in [-0.25, -0.2) is 5.01 Å². The van der Waals surface area contributed by atoms with E-state index in [1.54, 1.807) is 23.2 Å². The highest BCUT2D eigenvalue weighted by Gasteiger charge is 2.34. The Morgan fingerprint density at radius 1 is 1.19 bits per heavy atom. The van der Waals surface area contributed by atoms with Crippen molar-refractivity contribution in [1.29, 1.82) is 0 Å². The molecular formula is C27H38N4O5. The van der Waals surface area contributed by atoms with Gasteiger partial charge in [0.1, 0.15) is 19.0 Å². The molecule has 1 aromatic carbocycles. The summed E-state index contributed by atoms with van der Waals surface area (Å²) in [5.41, 5.74) is 1.86. The van der Waals surface area contributed by atoms with Crippen LogP contribution in [0.4, 0.5) is 0 Å². The fourth-order valence-electron chi connectivity index (χ4n) is 4.01. The van der Waals surface area contributed by atoms with E-state index in [1.807, 2.05) is 39.8 Å². The first-order chi connectivity index (χ1) is 17.0. The number of hydrazone groups is 2. The van der Waals surface area contributed by atoms with Crippen molar-refractivity contribution in [2.45, 2.75) is 65.9 Å². The van der Waals surface area contributed by atoms with Crippen LogP contribution in [0.1, 0.15) is 70.3 Å². The number of ether oxygens (including phenoxy) is 3. The van der Waals surface area contributed by atoms with Crippen LogP contribution < -0.4 is 9.47 Å². The molecule has 0 bridgehead atoms. The Labute approximate surface area is 213 Å². The van der Waals surface area contributed by atoms with Crippen LogP contribution in [0, 0.1) is 0 Å². The lowest BCUT2D eigenvalue weighted by Crippen LogP contribution is -2.31. The van der Waals surface area contributed by atoms with Gasteiger partial charge >= 0.3 is 0 Å². The number of aliphatic hydroxyl groups is 1. The maximum Gasteiger partial charge on any atom is 0.232 e. The normalized spacial score (nSPS) is 15.5. The third-order valence-corrected chi connectivity index (χ3v) is 6.08. The van der Waals surface area contributed by atoms with Gasteiger partial charge in [0.15, 0.2) is 23.1 Å². The summed E-state index contributed by atoms with van der Waals surface area (Å²) in [4.78, 5) is 13.4. The molecule has 9 nitrogen and oxygen atoms in total. The van der Waals surface area contributed by atoms with Crippen LogP contribution >= 0.6 is 0 Å². The molecule has 0 aromatic heterocycles. The van der Waals surface area contributed by atoms with Crippen molar-refractivity contribution in [2.75, 3.05) is 26.9 Å². The maximum absolute atomic E-state index is 13.4. The number of nitrogens with zero attached hydrogens (tertiary/aromatic N) is 4. The smallest absolute Gasteiger partial charge is 0.232 e. The number of rotatable bonds is 10. The van der Waals surface area contributed by atoms with Gasteiger partial charge in [0.2, 0.25) is 5.90 Å². The number of methoxy groups -OCH3 is 1. The van der Waals surface area contributed by atoms with Crippen molar-refractivity contribution in [2.24, 2.45) is 10.2 Å². The van der Waals surface area contributed by atoms with Crippen molar-refractivity contribution < 1.29 is 24.1 Å². The monoisotopic (exact) mass is 498 g/mol. The second-order valence-electron chi connectivity index (χ2n) is 9.83. The van der Waals surface area contributed by atoms with Crippen molar-refractivity contribution in [3.63, 3.8) is 0 Å². The molecule has 0 saturated carbocycles. The maximum atomic E-state index is 13.4. The van der Waals surface area contributed by atoms with E-state index in [4.69, 9.17) is 14.2 Å². The van der Waals surface area contributed by atoms with Crippen LogP contribution in [0.2, 0.25) is 0 Å². The van der Waals surface area contributed by atoms with E-state index in [2.05, 4.69) is 30.6 Å². The molecule has 196 valence electrons. The largest absolute Gasteiger partial charge is 0.493 e. The van der Waals surface area contributed by atoms with Crippen LogP contribution in [-0.4, -0.2) is 65.6 Å². The van der Waals surface area contributed by atoms with Crippen LogP contribution in [-0.2, 0) is 10.2 Å². The molecule has 0 unspecified atom stereocenters. The quantitative estimate of drug-likeness (QED) is 0.477. The van der Waals surface area contributed by atoms with Crippen LogP contribution in [0.3, 0.4) is 0 Å². The molecule has 2 aliphatic rings. The fourth-order valence-corrected chi connectivity index (χ4v) is 4.01. The standard InChI is InChI=1S/C27H38N4O5/c1-9-20(10-2)36-24-13-17(3)26-29-30(18(4)31(26)28-24)16-22(33)19-14-21(27(5,6)7)25(34-8)23(15-19)35-12-11-32/h13-15,20,32H,4,9-12,16H2,1-3,5-8H3. The number of carbonyl (C=O) groups excluding carboxylic acids is 1. The first kappa shape index (κ1) is 27.3. The van der Waals surface area contributed by atoms with Crippen molar-refractivity contribution in [3.8, 4) is 11.5 Å². The fraction of sp³-hybridized carbons (Fsp3) is 0.519. The number of ketones is 1. The summed E-state index contributed by atoms with van der Waals surface area (Å²) in [6.07, 6.45) is 3.70. The number of fused-ring (bicyclic) bond motifs is 1. The lowest BCUT2D eigenvalue weighted by Gasteiger charge is -2.25. The highest BCUT2D eigenvalue weighted by Crippen LogP contribution is 2.40. The third kappa shape index (κ3) is 5.73. The number of benzene rings is 1. The predicted molar refractivity (Wildman–Crippen MR) is 140 cm³/mol. The molecular weight excluding hydrogens is 460 g/mol. The molecule has 9 heteroatoms. The lowest BCUT2D eigenvalue weighted by molar-refractivity contribution is 0.0946. The summed E-state index contributed by atoms with van der Waals surface area (Å²) in [6.45, 7) is 16.2. The molecule has 3 rings (SSSR count). The summed E-state index contributed by atoms with van der Waals surface area (Å²) >= 11 is 0. The molecule has 0 radical (unpaired) electrons. The van der Waals surface area contributed by atoms with Crippen molar-refractivity contribution in [3.05, 3.63) is 47.3 Å². The first-order valence-electron chi connectivity index (χ1n) is 12.3. The molecule has 0 aliphatic carbocycles. The molecule has 0 saturated heterocycles. The SMILES string of the molecule is C=C1N(CC(=O)c2cc(OCCO)c(OC)c(C(C)(C)C)c2)N=C2C(C)=CC(OC(CC)CC)=NN12. The number of hydrogen-bond donors (Lipinski definition) is 1. The number of amidine groups is 1. The van der Waals surface area contributed by atoms with Gasteiger partial charge in [-0.3, -0.25) is 4.79 Å². The lowest BCUT2D eigenvalue weighted by atomic mass is 9.84. The summed E-state index contributed by atoms with van der Waals surface area (Å²) in [6, 6.07) is 3.48. The average molecular weight is 499 g/mol. The molecule has 2 aliphatic heterocycles. The molecule has 0 fully saturated rings. The summed E-state index contributed by atoms with van der Waals surface area (Å²) in [5.74, 6) is 2.39. The Balaban J connectivity index is 1.87. The van der Waals surface area contributed by atoms with Crippen LogP contribution in [0.15, 0.2) is 46.4 Å². The molecule has 1 aromatic rings. The second kappa shape index (κ2) is 11.2. The van der Waals surface area contributed by atoms with E-state index in [0.717, 1.165) is 24.0 Å². The molecule has 0 spiro atoms. The minimum Gasteiger partial charge on any atom is -0.493 e. The molecule has 1 N–H and O–H groups in total. The van der Waals surface area contributed by atoms with Gasteiger partial charge in [-0.05, 0) is 37.3 Å². The van der Waals surface area contributed by atoms with Gasteiger partial charge < -0.3 is 19.3 Å². The van der Waals surface area contributed by atoms with E-state index >= 15 is 0 Å². The van der Waals surface area contributed by atoms with E-state index in [1.165, 1.54) is 0 Å². The zero-order chi connectivity index (χ0) is 26.6.